The van der Waals surface area contributed by atoms with Gasteiger partial charge in [-0.3, -0.25) is 0 Å². The van der Waals surface area contributed by atoms with E-state index in [0.29, 0.717) is 5.88 Å². The van der Waals surface area contributed by atoms with Crippen molar-refractivity contribution >= 4 is 5.69 Å². The summed E-state index contributed by atoms with van der Waals surface area (Å²) in [5.41, 5.74) is 1.82. The summed E-state index contributed by atoms with van der Waals surface area (Å²) in [6.45, 7) is 2.06. The molecule has 1 atom stereocenters. The van der Waals surface area contributed by atoms with Crippen LogP contribution in [0, 0.1) is 5.82 Å². The maximum atomic E-state index is 13.2. The molecule has 100 valence electrons. The monoisotopic (exact) mass is 260 g/mol. The van der Waals surface area contributed by atoms with Gasteiger partial charge in [0.05, 0.1) is 25.0 Å². The zero-order valence-electron chi connectivity index (χ0n) is 11.1. The molecule has 0 spiro atoms. The van der Waals surface area contributed by atoms with E-state index in [1.807, 2.05) is 12.1 Å². The largest absolute Gasteiger partial charge is 0.481 e. The third-order valence-corrected chi connectivity index (χ3v) is 2.95. The molecule has 1 unspecified atom stereocenters. The lowest BCUT2D eigenvalue weighted by Gasteiger charge is -2.18. The first kappa shape index (κ1) is 13.3. The molecule has 0 aliphatic carbocycles. The molecule has 2 aromatic rings. The Morgan fingerprint density at radius 1 is 1.32 bits per heavy atom. The van der Waals surface area contributed by atoms with Gasteiger partial charge in [-0.2, -0.15) is 0 Å². The predicted molar refractivity (Wildman–Crippen MR) is 73.8 cm³/mol. The van der Waals surface area contributed by atoms with Gasteiger partial charge in [-0.1, -0.05) is 19.1 Å². The first-order valence-electron chi connectivity index (χ1n) is 6.25. The van der Waals surface area contributed by atoms with Crippen LogP contribution in [0.2, 0.25) is 0 Å². The number of aromatic nitrogens is 1. The Hall–Kier alpha value is -2.10. The second kappa shape index (κ2) is 6.18. The third-order valence-electron chi connectivity index (χ3n) is 2.95. The molecule has 0 saturated carbocycles. The molecule has 0 saturated heterocycles. The number of anilines is 1. The van der Waals surface area contributed by atoms with Crippen molar-refractivity contribution in [3.05, 3.63) is 54.0 Å². The van der Waals surface area contributed by atoms with Gasteiger partial charge >= 0.3 is 0 Å². The van der Waals surface area contributed by atoms with Crippen LogP contribution in [0.1, 0.15) is 24.9 Å². The first-order chi connectivity index (χ1) is 9.22. The van der Waals surface area contributed by atoms with Crippen molar-refractivity contribution in [3.63, 3.8) is 0 Å². The van der Waals surface area contributed by atoms with Gasteiger partial charge < -0.3 is 10.1 Å². The lowest BCUT2D eigenvalue weighted by molar-refractivity contribution is 0.398. The molecule has 0 radical (unpaired) electrons. The van der Waals surface area contributed by atoms with E-state index in [2.05, 4.69) is 17.2 Å². The quantitative estimate of drug-likeness (QED) is 0.888. The zero-order chi connectivity index (χ0) is 13.7. The van der Waals surface area contributed by atoms with Crippen molar-refractivity contribution in [2.45, 2.75) is 19.4 Å². The van der Waals surface area contributed by atoms with Gasteiger partial charge in [-0.15, -0.1) is 0 Å². The lowest BCUT2D eigenvalue weighted by atomic mass is 10.0. The predicted octanol–water partition coefficient (Wildman–Crippen LogP) is 3.79. The second-order valence-electron chi connectivity index (χ2n) is 4.25. The number of methoxy groups -OCH3 is 1. The topological polar surface area (TPSA) is 34.1 Å². The van der Waals surface area contributed by atoms with Crippen molar-refractivity contribution in [1.82, 2.24) is 4.98 Å². The highest BCUT2D eigenvalue weighted by atomic mass is 19.1. The molecular formula is C15H17FN2O. The summed E-state index contributed by atoms with van der Waals surface area (Å²) in [5, 5.41) is 3.34. The number of hydrogen-bond donors (Lipinski definition) is 1. The Morgan fingerprint density at radius 3 is 2.74 bits per heavy atom. The average molecular weight is 260 g/mol. The van der Waals surface area contributed by atoms with E-state index in [-0.39, 0.29) is 11.9 Å². The van der Waals surface area contributed by atoms with Crippen molar-refractivity contribution in [3.8, 4) is 5.88 Å². The fraction of sp³-hybridized carbons (Fsp3) is 0.267. The molecule has 0 aliphatic heterocycles. The van der Waals surface area contributed by atoms with Gasteiger partial charge in [0.25, 0.3) is 0 Å². The average Bonchev–Trinajstić information content (AvgIpc) is 2.45. The minimum absolute atomic E-state index is 0.0610. The van der Waals surface area contributed by atoms with E-state index < -0.39 is 0 Å². The molecule has 1 aromatic heterocycles. The molecule has 4 heteroatoms. The van der Waals surface area contributed by atoms with Gasteiger partial charge in [0.1, 0.15) is 5.82 Å². The highest BCUT2D eigenvalue weighted by molar-refractivity contribution is 5.44. The maximum absolute atomic E-state index is 13.2. The summed E-state index contributed by atoms with van der Waals surface area (Å²) in [6, 6.07) is 10.4. The van der Waals surface area contributed by atoms with Crippen LogP contribution in [0.5, 0.6) is 5.88 Å². The number of pyridine rings is 1. The molecule has 0 aliphatic rings. The second-order valence-corrected chi connectivity index (χ2v) is 4.25. The molecule has 0 amide bonds. The summed E-state index contributed by atoms with van der Waals surface area (Å²) in [5.74, 6) is 0.356. The van der Waals surface area contributed by atoms with Crippen molar-refractivity contribution in [2.24, 2.45) is 0 Å². The molecule has 3 nitrogen and oxygen atoms in total. The Kier molecular flexibility index (Phi) is 4.34. The van der Waals surface area contributed by atoms with Crippen LogP contribution < -0.4 is 10.1 Å². The fourth-order valence-electron chi connectivity index (χ4n) is 1.93. The first-order valence-corrected chi connectivity index (χ1v) is 6.25. The zero-order valence-corrected chi connectivity index (χ0v) is 11.1. The van der Waals surface area contributed by atoms with Crippen LogP contribution in [0.25, 0.3) is 0 Å². The Balaban J connectivity index is 2.14. The molecule has 1 heterocycles. The number of nitrogens with one attached hydrogen (secondary N) is 1. The highest BCUT2D eigenvalue weighted by Crippen LogP contribution is 2.23. The standard InChI is InChI=1S/C15H17FN2O/c1-3-14(11-5-4-6-12(16)9-11)18-13-7-8-15(19-2)17-10-13/h4-10,14,18H,3H2,1-2H3. The molecule has 0 fully saturated rings. The molecule has 19 heavy (non-hydrogen) atoms. The molecular weight excluding hydrogens is 243 g/mol. The minimum atomic E-state index is -0.217. The number of benzene rings is 1. The number of hydrogen-bond acceptors (Lipinski definition) is 3. The van der Waals surface area contributed by atoms with Crippen molar-refractivity contribution in [2.75, 3.05) is 12.4 Å². The van der Waals surface area contributed by atoms with Crippen molar-refractivity contribution in [1.29, 1.82) is 0 Å². The van der Waals surface area contributed by atoms with E-state index in [1.165, 1.54) is 6.07 Å². The SMILES string of the molecule is CCC(Nc1ccc(OC)nc1)c1cccc(F)c1. The minimum Gasteiger partial charge on any atom is -0.481 e. The van der Waals surface area contributed by atoms with Gasteiger partial charge in [0, 0.05) is 6.07 Å². The van der Waals surface area contributed by atoms with Gasteiger partial charge in [0.15, 0.2) is 0 Å². The van der Waals surface area contributed by atoms with Crippen LogP contribution in [-0.4, -0.2) is 12.1 Å². The van der Waals surface area contributed by atoms with E-state index in [0.717, 1.165) is 17.7 Å². The van der Waals surface area contributed by atoms with Crippen LogP contribution >= 0.6 is 0 Å². The summed E-state index contributed by atoms with van der Waals surface area (Å²) < 4.78 is 18.3. The van der Waals surface area contributed by atoms with E-state index in [9.17, 15) is 4.39 Å². The Morgan fingerprint density at radius 2 is 2.16 bits per heavy atom. The van der Waals surface area contributed by atoms with Crippen LogP contribution in [0.3, 0.4) is 0 Å². The summed E-state index contributed by atoms with van der Waals surface area (Å²) in [7, 11) is 1.58. The number of ether oxygens (including phenoxy) is 1. The lowest BCUT2D eigenvalue weighted by Crippen LogP contribution is -2.10. The molecule has 0 bridgehead atoms. The number of rotatable bonds is 5. The maximum Gasteiger partial charge on any atom is 0.213 e. The number of nitrogens with zero attached hydrogens (tertiary/aromatic N) is 1. The molecule has 1 aromatic carbocycles. The van der Waals surface area contributed by atoms with E-state index >= 15 is 0 Å². The van der Waals surface area contributed by atoms with Crippen LogP contribution in [0.4, 0.5) is 10.1 Å². The smallest absolute Gasteiger partial charge is 0.213 e. The molecule has 1 N–H and O–H groups in total. The third kappa shape index (κ3) is 3.44. The summed E-state index contributed by atoms with van der Waals surface area (Å²) in [4.78, 5) is 4.14. The normalized spacial score (nSPS) is 11.9. The Bertz CT molecular complexity index is 528. The van der Waals surface area contributed by atoms with Crippen LogP contribution in [0.15, 0.2) is 42.6 Å². The molecule has 2 rings (SSSR count). The van der Waals surface area contributed by atoms with Gasteiger partial charge in [-0.05, 0) is 30.2 Å². The van der Waals surface area contributed by atoms with E-state index in [4.69, 9.17) is 4.74 Å². The summed E-state index contributed by atoms with van der Waals surface area (Å²) in [6.07, 6.45) is 2.57. The fourth-order valence-corrected chi connectivity index (χ4v) is 1.93. The summed E-state index contributed by atoms with van der Waals surface area (Å²) >= 11 is 0. The highest BCUT2D eigenvalue weighted by Gasteiger charge is 2.10. The van der Waals surface area contributed by atoms with Gasteiger partial charge in [-0.25, -0.2) is 9.37 Å². The van der Waals surface area contributed by atoms with Crippen molar-refractivity contribution < 1.29 is 9.13 Å². The van der Waals surface area contributed by atoms with Crippen LogP contribution in [-0.2, 0) is 0 Å². The van der Waals surface area contributed by atoms with Gasteiger partial charge in [0.2, 0.25) is 5.88 Å². The number of halogens is 1. The van der Waals surface area contributed by atoms with E-state index in [1.54, 1.807) is 31.5 Å². The Labute approximate surface area is 112 Å².